The molecule has 4 nitrogen and oxygen atoms in total. The largest absolute Gasteiger partial charge is 0.480 e. The van der Waals surface area contributed by atoms with Crippen molar-refractivity contribution in [2.75, 3.05) is 0 Å². The average molecular weight is 183 g/mol. The Labute approximate surface area is 76.4 Å². The minimum Gasteiger partial charge on any atom is -0.480 e. The number of hydrogen-bond acceptors (Lipinski definition) is 3. The predicted octanol–water partition coefficient (Wildman–Crippen LogP) is 0.0356. The fraction of sp³-hybridized carbons (Fsp3) is 0.444. The number of aliphatic hydroxyl groups excluding tert-OH is 1. The van der Waals surface area contributed by atoms with Crippen LogP contribution in [-0.4, -0.2) is 28.3 Å². The lowest BCUT2D eigenvalue weighted by Gasteiger charge is -2.17. The molecule has 0 aliphatic heterocycles. The molecule has 72 valence electrons. The van der Waals surface area contributed by atoms with Gasteiger partial charge in [0.2, 0.25) is 0 Å². The molecule has 0 aromatic heterocycles. The Morgan fingerprint density at radius 2 is 2.23 bits per heavy atom. The van der Waals surface area contributed by atoms with Crippen molar-refractivity contribution in [2.24, 2.45) is 5.73 Å². The van der Waals surface area contributed by atoms with E-state index >= 15 is 0 Å². The zero-order valence-electron chi connectivity index (χ0n) is 7.18. The summed E-state index contributed by atoms with van der Waals surface area (Å²) in [4.78, 5) is 10.4. The molecule has 2 unspecified atom stereocenters. The number of allylic oxidation sites excluding steroid dienone is 2. The van der Waals surface area contributed by atoms with Crippen molar-refractivity contribution in [3.8, 4) is 0 Å². The van der Waals surface area contributed by atoms with Crippen molar-refractivity contribution >= 4 is 5.97 Å². The lowest BCUT2D eigenvalue weighted by atomic mass is 9.98. The number of carbonyl (C=O) groups is 1. The van der Waals surface area contributed by atoms with Crippen molar-refractivity contribution < 1.29 is 15.0 Å². The monoisotopic (exact) mass is 183 g/mol. The van der Waals surface area contributed by atoms with Crippen LogP contribution in [0.4, 0.5) is 0 Å². The zero-order chi connectivity index (χ0) is 9.84. The van der Waals surface area contributed by atoms with Crippen LogP contribution in [0, 0.1) is 0 Å². The van der Waals surface area contributed by atoms with Crippen LogP contribution in [0.2, 0.25) is 0 Å². The molecule has 0 fully saturated rings. The third kappa shape index (κ3) is 2.40. The highest BCUT2D eigenvalue weighted by Crippen LogP contribution is 2.14. The van der Waals surface area contributed by atoms with E-state index in [9.17, 15) is 9.90 Å². The molecule has 0 aromatic rings. The first kappa shape index (κ1) is 9.95. The van der Waals surface area contributed by atoms with Crippen LogP contribution in [0.15, 0.2) is 23.8 Å². The second-order valence-corrected chi connectivity index (χ2v) is 2.99. The average Bonchev–Trinajstić information content (AvgIpc) is 2.17. The smallest absolute Gasteiger partial charge is 0.323 e. The van der Waals surface area contributed by atoms with Crippen molar-refractivity contribution in [1.29, 1.82) is 0 Å². The van der Waals surface area contributed by atoms with E-state index in [-0.39, 0.29) is 0 Å². The minimum atomic E-state index is -1.24. The van der Waals surface area contributed by atoms with Gasteiger partial charge < -0.3 is 15.9 Å². The third-order valence-corrected chi connectivity index (χ3v) is 1.99. The van der Waals surface area contributed by atoms with Crippen LogP contribution in [-0.2, 0) is 4.79 Å². The summed E-state index contributed by atoms with van der Waals surface area (Å²) in [5.74, 6) is -1.19. The number of aliphatic hydroxyl groups is 1. The number of nitrogens with two attached hydrogens (primary N) is 1. The van der Waals surface area contributed by atoms with E-state index in [1.54, 1.807) is 6.08 Å². The summed E-state index contributed by atoms with van der Waals surface area (Å²) in [6, 6.07) is -1.24. The van der Waals surface area contributed by atoms with Gasteiger partial charge in [0.15, 0.2) is 0 Å². The number of hydrogen-bond donors (Lipinski definition) is 3. The van der Waals surface area contributed by atoms with Gasteiger partial charge in [0, 0.05) is 0 Å². The summed E-state index contributed by atoms with van der Waals surface area (Å²) in [6.07, 6.45) is 6.08. The van der Waals surface area contributed by atoms with Gasteiger partial charge in [0.05, 0.1) is 0 Å². The maximum Gasteiger partial charge on any atom is 0.323 e. The molecule has 0 saturated heterocycles. The van der Waals surface area contributed by atoms with Gasteiger partial charge in [-0.1, -0.05) is 18.2 Å². The summed E-state index contributed by atoms with van der Waals surface area (Å²) < 4.78 is 0. The van der Waals surface area contributed by atoms with Gasteiger partial charge in [0.1, 0.15) is 12.1 Å². The van der Waals surface area contributed by atoms with Crippen molar-refractivity contribution in [2.45, 2.75) is 25.0 Å². The first-order chi connectivity index (χ1) is 6.13. The molecule has 0 spiro atoms. The maximum absolute atomic E-state index is 10.4. The summed E-state index contributed by atoms with van der Waals surface area (Å²) in [5.41, 5.74) is 5.86. The van der Waals surface area contributed by atoms with Crippen LogP contribution >= 0.6 is 0 Å². The first-order valence-corrected chi connectivity index (χ1v) is 4.16. The fourth-order valence-electron chi connectivity index (χ4n) is 1.20. The first-order valence-electron chi connectivity index (χ1n) is 4.16. The topological polar surface area (TPSA) is 83.6 Å². The Morgan fingerprint density at radius 1 is 1.54 bits per heavy atom. The highest BCUT2D eigenvalue weighted by atomic mass is 16.4. The van der Waals surface area contributed by atoms with E-state index in [2.05, 4.69) is 0 Å². The van der Waals surface area contributed by atoms with E-state index in [1.165, 1.54) is 0 Å². The molecule has 2 atom stereocenters. The molecule has 0 radical (unpaired) electrons. The molecule has 4 N–H and O–H groups in total. The Hall–Kier alpha value is -1.13. The molecule has 0 aromatic carbocycles. The van der Waals surface area contributed by atoms with Crippen LogP contribution in [0.3, 0.4) is 0 Å². The van der Waals surface area contributed by atoms with Crippen LogP contribution in [0.5, 0.6) is 0 Å². The number of rotatable bonds is 3. The normalized spacial score (nSPS) is 20.6. The van der Waals surface area contributed by atoms with Gasteiger partial charge in [-0.15, -0.1) is 0 Å². The number of carboxylic acid groups (broad SMARTS) is 1. The molecule has 1 aliphatic rings. The van der Waals surface area contributed by atoms with Gasteiger partial charge in [-0.2, -0.15) is 0 Å². The van der Waals surface area contributed by atoms with E-state index in [4.69, 9.17) is 10.8 Å². The molecule has 0 amide bonds. The van der Waals surface area contributed by atoms with E-state index < -0.39 is 18.1 Å². The van der Waals surface area contributed by atoms with Crippen molar-refractivity contribution in [1.82, 2.24) is 0 Å². The van der Waals surface area contributed by atoms with E-state index in [0.717, 1.165) is 12.8 Å². The maximum atomic E-state index is 10.4. The van der Waals surface area contributed by atoms with Gasteiger partial charge in [-0.25, -0.2) is 0 Å². The second kappa shape index (κ2) is 4.20. The molecule has 1 rings (SSSR count). The molecule has 1 aliphatic carbocycles. The lowest BCUT2D eigenvalue weighted by Crippen LogP contribution is -2.42. The number of carboxylic acids is 1. The number of aliphatic carboxylic acids is 1. The molecule has 0 saturated carbocycles. The van der Waals surface area contributed by atoms with Crippen LogP contribution < -0.4 is 5.73 Å². The predicted molar refractivity (Wildman–Crippen MR) is 48.1 cm³/mol. The Bertz CT molecular complexity index is 258. The standard InChI is InChI=1S/C9H13NO3/c10-7(9(12)13)8(11)6-4-2-1-3-5-6/h2,4-5,7-8,11H,1,3,10H2,(H,12,13). The quantitative estimate of drug-likeness (QED) is 0.576. The zero-order valence-corrected chi connectivity index (χ0v) is 7.18. The Kier molecular flexibility index (Phi) is 3.22. The van der Waals surface area contributed by atoms with Gasteiger partial charge in [-0.05, 0) is 18.4 Å². The lowest BCUT2D eigenvalue weighted by molar-refractivity contribution is -0.140. The molecule has 4 heteroatoms. The Morgan fingerprint density at radius 3 is 2.69 bits per heavy atom. The molecular weight excluding hydrogens is 170 g/mol. The van der Waals surface area contributed by atoms with Crippen molar-refractivity contribution in [3.05, 3.63) is 23.8 Å². The molecular formula is C9H13NO3. The fourth-order valence-corrected chi connectivity index (χ4v) is 1.20. The van der Waals surface area contributed by atoms with Gasteiger partial charge in [0.25, 0.3) is 0 Å². The van der Waals surface area contributed by atoms with Gasteiger partial charge in [-0.3, -0.25) is 4.79 Å². The van der Waals surface area contributed by atoms with E-state index in [1.807, 2.05) is 12.2 Å². The van der Waals surface area contributed by atoms with Crippen LogP contribution in [0.1, 0.15) is 12.8 Å². The van der Waals surface area contributed by atoms with Gasteiger partial charge >= 0.3 is 5.97 Å². The summed E-state index contributed by atoms with van der Waals surface area (Å²) in [6.45, 7) is 0. The Balaban J connectivity index is 2.66. The minimum absolute atomic E-state index is 0.598. The third-order valence-electron chi connectivity index (χ3n) is 1.99. The highest BCUT2D eigenvalue weighted by Gasteiger charge is 2.24. The molecule has 0 heterocycles. The highest BCUT2D eigenvalue weighted by molar-refractivity contribution is 5.74. The summed E-state index contributed by atoms with van der Waals surface area (Å²) in [7, 11) is 0. The summed E-state index contributed by atoms with van der Waals surface area (Å²) in [5, 5.41) is 18.0. The summed E-state index contributed by atoms with van der Waals surface area (Å²) >= 11 is 0. The molecule has 0 bridgehead atoms. The molecule has 13 heavy (non-hydrogen) atoms. The second-order valence-electron chi connectivity index (χ2n) is 2.99. The van der Waals surface area contributed by atoms with Crippen LogP contribution in [0.25, 0.3) is 0 Å². The van der Waals surface area contributed by atoms with Crippen molar-refractivity contribution in [3.63, 3.8) is 0 Å². The SMILES string of the molecule is NC(C(=O)O)C(O)C1=CCCC=C1. The van der Waals surface area contributed by atoms with E-state index in [0.29, 0.717) is 5.57 Å².